The van der Waals surface area contributed by atoms with Crippen LogP contribution in [0.3, 0.4) is 0 Å². The van der Waals surface area contributed by atoms with Crippen LogP contribution >= 0.6 is 0 Å². The highest BCUT2D eigenvalue weighted by Crippen LogP contribution is 2.21. The zero-order valence-corrected chi connectivity index (χ0v) is 9.56. The van der Waals surface area contributed by atoms with Crippen LogP contribution in [0.15, 0.2) is 54.6 Å². The van der Waals surface area contributed by atoms with E-state index in [0.717, 1.165) is 11.3 Å². The summed E-state index contributed by atoms with van der Waals surface area (Å²) in [6, 6.07) is 16.3. The highest BCUT2D eigenvalue weighted by atomic mass is 19.1. The average Bonchev–Trinajstić information content (AvgIpc) is 2.40. The van der Waals surface area contributed by atoms with Crippen LogP contribution in [0, 0.1) is 0 Å². The van der Waals surface area contributed by atoms with E-state index < -0.39 is 0 Å². The van der Waals surface area contributed by atoms with E-state index in [4.69, 9.17) is 4.74 Å². The van der Waals surface area contributed by atoms with Crippen LogP contribution in [-0.4, -0.2) is 7.11 Å². The highest BCUT2D eigenvalue weighted by Gasteiger charge is 2.00. The van der Waals surface area contributed by atoms with Gasteiger partial charge in [0.1, 0.15) is 11.6 Å². The molecule has 0 heterocycles. The van der Waals surface area contributed by atoms with Gasteiger partial charge < -0.3 is 4.74 Å². The third-order valence-electron chi connectivity index (χ3n) is 2.44. The van der Waals surface area contributed by atoms with Crippen LogP contribution < -0.4 is 4.74 Å². The Morgan fingerprint density at radius 1 is 1.06 bits per heavy atom. The molecule has 2 aromatic rings. The summed E-state index contributed by atoms with van der Waals surface area (Å²) in [7, 11) is 1.59. The summed E-state index contributed by atoms with van der Waals surface area (Å²) in [6.45, 7) is 0. The largest absolute Gasteiger partial charge is 0.497 e. The Hall–Kier alpha value is -2.09. The van der Waals surface area contributed by atoms with E-state index in [1.807, 2.05) is 36.4 Å². The molecule has 0 spiro atoms. The fourth-order valence-corrected chi connectivity index (χ4v) is 1.56. The van der Waals surface area contributed by atoms with Gasteiger partial charge in [0.25, 0.3) is 0 Å². The van der Waals surface area contributed by atoms with Crippen LogP contribution in [0.4, 0.5) is 4.39 Å². The highest BCUT2D eigenvalue weighted by molar-refractivity contribution is 5.76. The summed E-state index contributed by atoms with van der Waals surface area (Å²) < 4.78 is 19.0. The van der Waals surface area contributed by atoms with Crippen molar-refractivity contribution in [3.05, 3.63) is 65.7 Å². The Kier molecular flexibility index (Phi) is 3.55. The average molecular weight is 228 g/mol. The molecule has 0 aliphatic heterocycles. The fraction of sp³-hybridized carbons (Fsp3) is 0.0667. The van der Waals surface area contributed by atoms with Crippen LogP contribution in [0.5, 0.6) is 5.75 Å². The first-order chi connectivity index (χ1) is 8.29. The molecule has 2 aromatic carbocycles. The maximum Gasteiger partial charge on any atom is 0.131 e. The molecule has 0 saturated carbocycles. The van der Waals surface area contributed by atoms with Gasteiger partial charge in [-0.1, -0.05) is 42.5 Å². The molecule has 0 bridgehead atoms. The number of benzene rings is 2. The van der Waals surface area contributed by atoms with E-state index >= 15 is 0 Å². The number of hydrogen-bond acceptors (Lipinski definition) is 1. The van der Waals surface area contributed by atoms with Gasteiger partial charge in [-0.3, -0.25) is 0 Å². The molecule has 0 aliphatic rings. The minimum atomic E-state index is -0.251. The second-order valence-electron chi connectivity index (χ2n) is 3.63. The van der Waals surface area contributed by atoms with E-state index in [0.29, 0.717) is 5.56 Å². The van der Waals surface area contributed by atoms with E-state index in [9.17, 15) is 4.39 Å². The molecule has 0 fully saturated rings. The predicted molar refractivity (Wildman–Crippen MR) is 68.4 cm³/mol. The van der Waals surface area contributed by atoms with Crippen molar-refractivity contribution in [3.63, 3.8) is 0 Å². The lowest BCUT2D eigenvalue weighted by atomic mass is 10.1. The molecule has 17 heavy (non-hydrogen) atoms. The maximum absolute atomic E-state index is 13.9. The van der Waals surface area contributed by atoms with Crippen molar-refractivity contribution >= 4 is 11.9 Å². The van der Waals surface area contributed by atoms with E-state index in [1.165, 1.54) is 6.08 Å². The third-order valence-corrected chi connectivity index (χ3v) is 2.44. The first-order valence-electron chi connectivity index (χ1n) is 5.36. The second-order valence-corrected chi connectivity index (χ2v) is 3.63. The van der Waals surface area contributed by atoms with Gasteiger partial charge in [0, 0.05) is 5.56 Å². The quantitative estimate of drug-likeness (QED) is 0.717. The number of hydrogen-bond donors (Lipinski definition) is 0. The van der Waals surface area contributed by atoms with Gasteiger partial charge >= 0.3 is 0 Å². The Morgan fingerprint density at radius 3 is 2.53 bits per heavy atom. The van der Waals surface area contributed by atoms with Crippen LogP contribution in [0.2, 0.25) is 0 Å². The number of methoxy groups -OCH3 is 1. The van der Waals surface area contributed by atoms with E-state index in [2.05, 4.69) is 0 Å². The standard InChI is InChI=1S/C15H13FO/c1-17-14-9-5-6-12(10-14)11-15(16)13-7-3-2-4-8-13/h2-11H,1H3/b15-11+. The molecule has 2 rings (SSSR count). The lowest BCUT2D eigenvalue weighted by molar-refractivity contribution is 0.414. The van der Waals surface area contributed by atoms with Gasteiger partial charge in [-0.25, -0.2) is 4.39 Å². The van der Waals surface area contributed by atoms with Gasteiger partial charge in [0.05, 0.1) is 7.11 Å². The Morgan fingerprint density at radius 2 is 1.82 bits per heavy atom. The lowest BCUT2D eigenvalue weighted by Gasteiger charge is -2.01. The SMILES string of the molecule is COc1cccc(/C=C(/F)c2ccccc2)c1. The van der Waals surface area contributed by atoms with Gasteiger partial charge in [-0.2, -0.15) is 0 Å². The molecule has 2 heteroatoms. The summed E-state index contributed by atoms with van der Waals surface area (Å²) in [6.07, 6.45) is 1.50. The van der Waals surface area contributed by atoms with Crippen LogP contribution in [0.25, 0.3) is 11.9 Å². The number of ether oxygens (including phenoxy) is 1. The van der Waals surface area contributed by atoms with Gasteiger partial charge in [0.15, 0.2) is 0 Å². The molecule has 0 N–H and O–H groups in total. The number of rotatable bonds is 3. The smallest absolute Gasteiger partial charge is 0.131 e. The van der Waals surface area contributed by atoms with E-state index in [-0.39, 0.29) is 5.83 Å². The van der Waals surface area contributed by atoms with Crippen molar-refractivity contribution in [2.24, 2.45) is 0 Å². The maximum atomic E-state index is 13.9. The molecule has 0 amide bonds. The monoisotopic (exact) mass is 228 g/mol. The fourth-order valence-electron chi connectivity index (χ4n) is 1.56. The van der Waals surface area contributed by atoms with Gasteiger partial charge in [-0.05, 0) is 23.8 Å². The van der Waals surface area contributed by atoms with E-state index in [1.54, 1.807) is 25.3 Å². The first kappa shape index (κ1) is 11.4. The van der Waals surface area contributed by atoms with Crippen molar-refractivity contribution < 1.29 is 9.13 Å². The van der Waals surface area contributed by atoms with Crippen molar-refractivity contribution in [1.29, 1.82) is 0 Å². The zero-order valence-electron chi connectivity index (χ0n) is 9.56. The van der Waals surface area contributed by atoms with Crippen molar-refractivity contribution in [3.8, 4) is 5.75 Å². The molecule has 0 unspecified atom stereocenters. The lowest BCUT2D eigenvalue weighted by Crippen LogP contribution is -1.83. The molecule has 0 aliphatic carbocycles. The molecule has 1 nitrogen and oxygen atoms in total. The first-order valence-corrected chi connectivity index (χ1v) is 5.36. The van der Waals surface area contributed by atoms with Crippen molar-refractivity contribution in [2.45, 2.75) is 0 Å². The molecule has 0 saturated heterocycles. The second kappa shape index (κ2) is 5.30. The Bertz CT molecular complexity index is 517. The Balaban J connectivity index is 2.29. The van der Waals surface area contributed by atoms with Crippen LogP contribution in [-0.2, 0) is 0 Å². The van der Waals surface area contributed by atoms with Crippen molar-refractivity contribution in [2.75, 3.05) is 7.11 Å². The summed E-state index contributed by atoms with van der Waals surface area (Å²) in [4.78, 5) is 0. The zero-order chi connectivity index (χ0) is 12.1. The molecule has 0 aromatic heterocycles. The topological polar surface area (TPSA) is 9.23 Å². The third kappa shape index (κ3) is 2.94. The predicted octanol–water partition coefficient (Wildman–Crippen LogP) is 4.16. The van der Waals surface area contributed by atoms with Gasteiger partial charge in [-0.15, -0.1) is 0 Å². The molecule has 0 atom stereocenters. The summed E-state index contributed by atoms with van der Waals surface area (Å²) in [5, 5.41) is 0. The molecule has 0 radical (unpaired) electrons. The van der Waals surface area contributed by atoms with Crippen molar-refractivity contribution in [1.82, 2.24) is 0 Å². The summed E-state index contributed by atoms with van der Waals surface area (Å²) >= 11 is 0. The molecular formula is C15H13FO. The summed E-state index contributed by atoms with van der Waals surface area (Å²) in [5.41, 5.74) is 1.36. The minimum absolute atomic E-state index is 0.251. The van der Waals surface area contributed by atoms with Crippen LogP contribution in [0.1, 0.15) is 11.1 Å². The molecular weight excluding hydrogens is 215 g/mol. The van der Waals surface area contributed by atoms with Gasteiger partial charge in [0.2, 0.25) is 0 Å². The minimum Gasteiger partial charge on any atom is -0.497 e. The summed E-state index contributed by atoms with van der Waals surface area (Å²) in [5.74, 6) is 0.471. The molecule has 86 valence electrons. The Labute approximate surface area is 100 Å². The number of halogens is 1. The normalized spacial score (nSPS) is 11.3.